The summed E-state index contributed by atoms with van der Waals surface area (Å²) < 4.78 is 68.8. The second kappa shape index (κ2) is 75.1. The Labute approximate surface area is 638 Å². The van der Waals surface area contributed by atoms with Crippen molar-refractivity contribution >= 4 is 39.5 Å². The molecule has 0 aromatic rings. The summed E-state index contributed by atoms with van der Waals surface area (Å²) in [6.07, 6.45) is 65.2. The average molecular weight is 1520 g/mol. The Morgan fingerprint density at radius 2 is 0.490 bits per heavy atom. The van der Waals surface area contributed by atoms with Crippen LogP contribution in [0.25, 0.3) is 0 Å². The van der Waals surface area contributed by atoms with Crippen molar-refractivity contribution in [3.05, 3.63) is 0 Å². The molecule has 6 atom stereocenters. The molecule has 0 aromatic carbocycles. The van der Waals surface area contributed by atoms with Gasteiger partial charge in [0, 0.05) is 25.7 Å². The summed E-state index contributed by atoms with van der Waals surface area (Å²) in [6.45, 7) is 12.1. The first kappa shape index (κ1) is 102. The first-order valence-electron chi connectivity index (χ1n) is 43.9. The first-order chi connectivity index (χ1) is 50.3. The lowest BCUT2D eigenvalue weighted by molar-refractivity contribution is -0.161. The number of esters is 4. The molecule has 618 valence electrons. The van der Waals surface area contributed by atoms with Crippen molar-refractivity contribution in [2.24, 2.45) is 17.8 Å². The Morgan fingerprint density at radius 1 is 0.279 bits per heavy atom. The van der Waals surface area contributed by atoms with Gasteiger partial charge < -0.3 is 33.8 Å². The first-order valence-corrected chi connectivity index (χ1v) is 46.9. The fraction of sp³-hybridized carbons (Fsp3) is 0.953. The molecule has 0 aliphatic rings. The molecule has 0 aromatic heterocycles. The smallest absolute Gasteiger partial charge is 0.462 e. The maximum Gasteiger partial charge on any atom is 0.472 e. The van der Waals surface area contributed by atoms with Crippen molar-refractivity contribution in [2.75, 3.05) is 39.6 Å². The molecule has 0 spiro atoms. The molecule has 17 nitrogen and oxygen atoms in total. The lowest BCUT2D eigenvalue weighted by Gasteiger charge is -2.21. The Kier molecular flexibility index (Phi) is 73.7. The van der Waals surface area contributed by atoms with Gasteiger partial charge in [0.2, 0.25) is 0 Å². The Morgan fingerprint density at radius 3 is 0.731 bits per heavy atom. The Bertz CT molecular complexity index is 2010. The van der Waals surface area contributed by atoms with E-state index in [1.165, 1.54) is 257 Å². The average Bonchev–Trinajstić information content (AvgIpc) is 0.926. The predicted octanol–water partition coefficient (Wildman–Crippen LogP) is 25.7. The van der Waals surface area contributed by atoms with E-state index in [1.807, 2.05) is 0 Å². The van der Waals surface area contributed by atoms with E-state index in [4.69, 9.17) is 37.0 Å². The number of phosphoric ester groups is 2. The molecule has 0 saturated heterocycles. The van der Waals surface area contributed by atoms with Crippen LogP contribution in [0.5, 0.6) is 0 Å². The van der Waals surface area contributed by atoms with Crippen molar-refractivity contribution in [3.8, 4) is 0 Å². The van der Waals surface area contributed by atoms with E-state index in [-0.39, 0.29) is 25.7 Å². The largest absolute Gasteiger partial charge is 0.472 e. The molecule has 0 radical (unpaired) electrons. The van der Waals surface area contributed by atoms with E-state index >= 15 is 0 Å². The van der Waals surface area contributed by atoms with Crippen LogP contribution < -0.4 is 0 Å². The zero-order valence-electron chi connectivity index (χ0n) is 68.5. The normalized spacial score (nSPS) is 14.2. The third-order valence-corrected chi connectivity index (χ3v) is 22.1. The lowest BCUT2D eigenvalue weighted by atomic mass is 9.99. The van der Waals surface area contributed by atoms with Gasteiger partial charge in [0.15, 0.2) is 12.2 Å². The molecule has 0 saturated carbocycles. The highest BCUT2D eigenvalue weighted by atomic mass is 31.2. The molecule has 104 heavy (non-hydrogen) atoms. The lowest BCUT2D eigenvalue weighted by Crippen LogP contribution is -2.30. The Hall–Kier alpha value is -1.94. The van der Waals surface area contributed by atoms with Crippen LogP contribution in [0.2, 0.25) is 0 Å². The summed E-state index contributed by atoms with van der Waals surface area (Å²) in [5.74, 6) is 0.330. The number of aliphatic hydroxyl groups excluding tert-OH is 1. The number of phosphoric acid groups is 2. The van der Waals surface area contributed by atoms with Crippen LogP contribution in [0.4, 0.5) is 0 Å². The van der Waals surface area contributed by atoms with E-state index < -0.39 is 97.5 Å². The molecule has 0 heterocycles. The molecule has 3 N–H and O–H groups in total. The van der Waals surface area contributed by atoms with Gasteiger partial charge >= 0.3 is 39.5 Å². The second-order valence-electron chi connectivity index (χ2n) is 31.8. The predicted molar refractivity (Wildman–Crippen MR) is 428 cm³/mol. The summed E-state index contributed by atoms with van der Waals surface area (Å²) in [4.78, 5) is 73.1. The molecular weight excluding hydrogens is 1350 g/mol. The molecule has 0 bridgehead atoms. The molecule has 0 rings (SSSR count). The van der Waals surface area contributed by atoms with Gasteiger partial charge in [-0.25, -0.2) is 9.13 Å². The standard InChI is InChI=1S/C85H166O17P2/c1-8-10-11-12-13-14-38-45-52-59-66-82(87)95-72-80(102-85(90)69-62-55-48-41-34-33-37-44-51-58-65-78(7)9-2)74-99-103(91,92)97-70-79(86)71-98-104(93,94)100-75-81(73-96-83(88)67-60-53-46-39-31-27-23-20-19-22-26-30-36-43-50-57-64-77(5)6)101-84(89)68-61-54-47-40-32-28-24-18-16-15-17-21-25-29-35-42-49-56-63-76(3)4/h76-81,86H,8-75H2,1-7H3,(H,91,92)(H,93,94)/t78?,79-,80+,81+/m0/s1. The molecule has 19 heteroatoms. The van der Waals surface area contributed by atoms with Crippen LogP contribution in [0.15, 0.2) is 0 Å². The number of rotatable bonds is 83. The minimum Gasteiger partial charge on any atom is -0.462 e. The number of hydrogen-bond donors (Lipinski definition) is 3. The van der Waals surface area contributed by atoms with Gasteiger partial charge in [0.05, 0.1) is 26.4 Å². The van der Waals surface area contributed by atoms with Gasteiger partial charge in [-0.15, -0.1) is 0 Å². The van der Waals surface area contributed by atoms with Crippen LogP contribution >= 0.6 is 15.6 Å². The van der Waals surface area contributed by atoms with Crippen molar-refractivity contribution in [2.45, 2.75) is 465 Å². The summed E-state index contributed by atoms with van der Waals surface area (Å²) >= 11 is 0. The van der Waals surface area contributed by atoms with E-state index in [9.17, 15) is 43.2 Å². The summed E-state index contributed by atoms with van der Waals surface area (Å²) in [7, 11) is -9.93. The fourth-order valence-electron chi connectivity index (χ4n) is 13.2. The van der Waals surface area contributed by atoms with Gasteiger partial charge in [0.1, 0.15) is 19.3 Å². The number of hydrogen-bond acceptors (Lipinski definition) is 15. The number of carbonyl (C=O) groups is 4. The highest BCUT2D eigenvalue weighted by Crippen LogP contribution is 2.45. The molecule has 3 unspecified atom stereocenters. The zero-order valence-corrected chi connectivity index (χ0v) is 70.3. The van der Waals surface area contributed by atoms with Crippen molar-refractivity contribution < 1.29 is 80.2 Å². The summed E-state index contributed by atoms with van der Waals surface area (Å²) in [5, 5.41) is 10.7. The minimum atomic E-state index is -4.97. The van der Waals surface area contributed by atoms with Crippen molar-refractivity contribution in [1.29, 1.82) is 0 Å². The maximum atomic E-state index is 13.1. The van der Waals surface area contributed by atoms with Gasteiger partial charge in [-0.2, -0.15) is 0 Å². The van der Waals surface area contributed by atoms with Gasteiger partial charge in [-0.05, 0) is 43.4 Å². The van der Waals surface area contributed by atoms with E-state index in [0.29, 0.717) is 25.7 Å². The van der Waals surface area contributed by atoms with Crippen LogP contribution in [-0.4, -0.2) is 96.7 Å². The molecule has 0 aliphatic carbocycles. The van der Waals surface area contributed by atoms with Crippen LogP contribution in [-0.2, 0) is 65.4 Å². The third kappa shape index (κ3) is 76.8. The highest BCUT2D eigenvalue weighted by molar-refractivity contribution is 7.47. The quantitative estimate of drug-likeness (QED) is 0.0222. The SMILES string of the molecule is CCCCCCCCCCCCC(=O)OC[C@H](COP(=O)(O)OC[C@H](O)COP(=O)(O)OC[C@@H](COC(=O)CCCCCCCCCCCCCCCCCCC(C)C)OC(=O)CCCCCCCCCCCCCCCCCCCCC(C)C)OC(=O)CCCCCCCCCCCCC(C)CC. The summed E-state index contributed by atoms with van der Waals surface area (Å²) in [6, 6.07) is 0. The summed E-state index contributed by atoms with van der Waals surface area (Å²) in [5.41, 5.74) is 0. The van der Waals surface area contributed by atoms with Gasteiger partial charge in [-0.1, -0.05) is 395 Å². The van der Waals surface area contributed by atoms with Crippen LogP contribution in [0, 0.1) is 17.8 Å². The fourth-order valence-corrected chi connectivity index (χ4v) is 14.7. The van der Waals surface area contributed by atoms with Crippen LogP contribution in [0.3, 0.4) is 0 Å². The van der Waals surface area contributed by atoms with Crippen molar-refractivity contribution in [1.82, 2.24) is 0 Å². The second-order valence-corrected chi connectivity index (χ2v) is 34.7. The maximum absolute atomic E-state index is 13.1. The molecule has 0 aliphatic heterocycles. The van der Waals surface area contributed by atoms with E-state index in [2.05, 4.69) is 48.5 Å². The molecule has 0 amide bonds. The highest BCUT2D eigenvalue weighted by Gasteiger charge is 2.30. The third-order valence-electron chi connectivity index (χ3n) is 20.2. The topological polar surface area (TPSA) is 237 Å². The van der Waals surface area contributed by atoms with E-state index in [0.717, 1.165) is 108 Å². The molecule has 0 fully saturated rings. The number of carbonyl (C=O) groups excluding carboxylic acids is 4. The number of aliphatic hydroxyl groups is 1. The monoisotopic (exact) mass is 1520 g/mol. The Balaban J connectivity index is 5.23. The van der Waals surface area contributed by atoms with Gasteiger partial charge in [0.25, 0.3) is 0 Å². The minimum absolute atomic E-state index is 0.106. The van der Waals surface area contributed by atoms with Gasteiger partial charge in [-0.3, -0.25) is 37.3 Å². The number of ether oxygens (including phenoxy) is 4. The zero-order chi connectivity index (χ0) is 76.5. The number of unbranched alkanes of at least 4 members (excludes halogenated alkanes) is 50. The van der Waals surface area contributed by atoms with Crippen LogP contribution in [0.1, 0.15) is 447 Å². The van der Waals surface area contributed by atoms with E-state index in [1.54, 1.807) is 0 Å². The van der Waals surface area contributed by atoms with Crippen molar-refractivity contribution in [3.63, 3.8) is 0 Å². The molecular formula is C85H166O17P2.